The van der Waals surface area contributed by atoms with Gasteiger partial charge in [-0.2, -0.15) is 11.8 Å². The van der Waals surface area contributed by atoms with Crippen molar-refractivity contribution in [1.82, 2.24) is 4.90 Å². The van der Waals surface area contributed by atoms with Crippen LogP contribution in [0.4, 0.5) is 0 Å². The highest BCUT2D eigenvalue weighted by atomic mass is 32.2. The molecule has 15 heavy (non-hydrogen) atoms. The van der Waals surface area contributed by atoms with Crippen LogP contribution in [0, 0.1) is 5.92 Å². The van der Waals surface area contributed by atoms with Crippen molar-refractivity contribution in [2.24, 2.45) is 11.7 Å². The second kappa shape index (κ2) is 5.75. The van der Waals surface area contributed by atoms with Crippen LogP contribution in [0.5, 0.6) is 0 Å². The Kier molecular flexibility index (Phi) is 4.93. The smallest absolute Gasteiger partial charge is 0.235 e. The molecule has 1 saturated heterocycles. The molecule has 0 aliphatic carbocycles. The van der Waals surface area contributed by atoms with Crippen LogP contribution >= 0.6 is 11.8 Å². The topological polar surface area (TPSA) is 46.3 Å². The van der Waals surface area contributed by atoms with Crippen LogP contribution in [0.1, 0.15) is 26.7 Å². The predicted molar refractivity (Wildman–Crippen MR) is 65.9 cm³/mol. The van der Waals surface area contributed by atoms with Crippen LogP contribution in [-0.2, 0) is 4.79 Å². The van der Waals surface area contributed by atoms with Crippen molar-refractivity contribution in [3.8, 4) is 0 Å². The number of likely N-dealkylation sites (tertiary alicyclic amines) is 1. The Hall–Kier alpha value is -0.220. The molecule has 0 aromatic heterocycles. The van der Waals surface area contributed by atoms with Gasteiger partial charge in [0.05, 0.1) is 5.25 Å². The van der Waals surface area contributed by atoms with Gasteiger partial charge < -0.3 is 10.6 Å². The monoisotopic (exact) mass is 230 g/mol. The molecule has 0 aromatic rings. The summed E-state index contributed by atoms with van der Waals surface area (Å²) in [5.74, 6) is 0.754. The minimum atomic E-state index is 0.0804. The molecule has 0 aromatic carbocycles. The van der Waals surface area contributed by atoms with Gasteiger partial charge in [0.2, 0.25) is 5.91 Å². The first-order chi connectivity index (χ1) is 7.06. The number of amides is 1. The fourth-order valence-electron chi connectivity index (χ4n) is 2.00. The zero-order valence-electron chi connectivity index (χ0n) is 9.90. The first-order valence-corrected chi connectivity index (χ1v) is 6.92. The number of piperidine rings is 1. The van der Waals surface area contributed by atoms with Gasteiger partial charge in [-0.3, -0.25) is 4.79 Å². The van der Waals surface area contributed by atoms with E-state index >= 15 is 0 Å². The van der Waals surface area contributed by atoms with E-state index in [0.717, 1.165) is 25.9 Å². The van der Waals surface area contributed by atoms with Crippen molar-refractivity contribution in [3.05, 3.63) is 0 Å². The SMILES string of the molecule is CSC(C)C(=O)N1CCCC(C(C)N)C1. The number of rotatable bonds is 3. The summed E-state index contributed by atoms with van der Waals surface area (Å²) in [6.07, 6.45) is 4.24. The molecule has 0 saturated carbocycles. The minimum Gasteiger partial charge on any atom is -0.341 e. The van der Waals surface area contributed by atoms with Crippen LogP contribution in [0.2, 0.25) is 0 Å². The number of carbonyl (C=O) groups excluding carboxylic acids is 1. The van der Waals surface area contributed by atoms with Gasteiger partial charge in [0.1, 0.15) is 0 Å². The van der Waals surface area contributed by atoms with Crippen LogP contribution in [-0.4, -0.2) is 41.4 Å². The molecular formula is C11H22N2OS. The van der Waals surface area contributed by atoms with Crippen LogP contribution < -0.4 is 5.73 Å². The third-order valence-electron chi connectivity index (χ3n) is 3.21. The van der Waals surface area contributed by atoms with Crippen LogP contribution in [0.25, 0.3) is 0 Å². The molecule has 1 heterocycles. The van der Waals surface area contributed by atoms with Crippen LogP contribution in [0.15, 0.2) is 0 Å². The van der Waals surface area contributed by atoms with E-state index in [9.17, 15) is 4.79 Å². The first kappa shape index (κ1) is 12.8. The quantitative estimate of drug-likeness (QED) is 0.795. The van der Waals surface area contributed by atoms with Gasteiger partial charge in [-0.25, -0.2) is 0 Å². The van der Waals surface area contributed by atoms with Gasteiger partial charge in [0, 0.05) is 19.1 Å². The summed E-state index contributed by atoms with van der Waals surface area (Å²) in [6, 6.07) is 0.199. The first-order valence-electron chi connectivity index (χ1n) is 5.63. The number of thioether (sulfide) groups is 1. The fraction of sp³-hybridized carbons (Fsp3) is 0.909. The summed E-state index contributed by atoms with van der Waals surface area (Å²) in [5.41, 5.74) is 5.89. The molecule has 3 nitrogen and oxygen atoms in total. The Morgan fingerprint density at radius 3 is 2.73 bits per heavy atom. The molecule has 1 amide bonds. The van der Waals surface area contributed by atoms with E-state index in [-0.39, 0.29) is 17.2 Å². The van der Waals surface area contributed by atoms with Crippen molar-refractivity contribution in [2.75, 3.05) is 19.3 Å². The number of nitrogens with zero attached hydrogens (tertiary/aromatic N) is 1. The Morgan fingerprint density at radius 1 is 1.53 bits per heavy atom. The number of carbonyl (C=O) groups is 1. The average molecular weight is 230 g/mol. The molecule has 3 unspecified atom stereocenters. The van der Waals surface area contributed by atoms with E-state index in [0.29, 0.717) is 5.92 Å². The maximum atomic E-state index is 12.0. The Morgan fingerprint density at radius 2 is 2.20 bits per heavy atom. The van der Waals surface area contributed by atoms with Crippen LogP contribution in [0.3, 0.4) is 0 Å². The zero-order chi connectivity index (χ0) is 11.4. The molecular weight excluding hydrogens is 208 g/mol. The Labute approximate surface area is 96.8 Å². The lowest BCUT2D eigenvalue weighted by atomic mass is 9.92. The molecule has 0 bridgehead atoms. The van der Waals surface area contributed by atoms with Crippen molar-refractivity contribution >= 4 is 17.7 Å². The van der Waals surface area contributed by atoms with Crippen molar-refractivity contribution in [1.29, 1.82) is 0 Å². The second-order valence-corrected chi connectivity index (χ2v) is 5.60. The molecule has 1 aliphatic heterocycles. The molecule has 0 spiro atoms. The van der Waals surface area contributed by atoms with E-state index in [1.807, 2.05) is 25.0 Å². The van der Waals surface area contributed by atoms with Crippen molar-refractivity contribution in [2.45, 2.75) is 38.0 Å². The van der Waals surface area contributed by atoms with Crippen molar-refractivity contribution < 1.29 is 4.79 Å². The molecule has 1 rings (SSSR count). The number of nitrogens with two attached hydrogens (primary N) is 1. The molecule has 1 aliphatic rings. The van der Waals surface area contributed by atoms with E-state index < -0.39 is 0 Å². The highest BCUT2D eigenvalue weighted by Crippen LogP contribution is 2.21. The zero-order valence-corrected chi connectivity index (χ0v) is 10.7. The third kappa shape index (κ3) is 3.38. The molecule has 2 N–H and O–H groups in total. The van der Waals surface area contributed by atoms with E-state index in [2.05, 4.69) is 0 Å². The molecule has 0 radical (unpaired) electrons. The molecule has 88 valence electrons. The number of hydrogen-bond acceptors (Lipinski definition) is 3. The predicted octanol–water partition coefficient (Wildman–Crippen LogP) is 1.32. The van der Waals surface area contributed by atoms with Gasteiger partial charge in [-0.05, 0) is 38.9 Å². The van der Waals surface area contributed by atoms with Gasteiger partial charge in [-0.1, -0.05) is 0 Å². The molecule has 3 atom stereocenters. The van der Waals surface area contributed by atoms with Gasteiger partial charge in [0.25, 0.3) is 0 Å². The summed E-state index contributed by atoms with van der Waals surface area (Å²) in [6.45, 7) is 5.77. The van der Waals surface area contributed by atoms with Crippen molar-refractivity contribution in [3.63, 3.8) is 0 Å². The highest BCUT2D eigenvalue weighted by Gasteiger charge is 2.27. The maximum absolute atomic E-state index is 12.0. The number of hydrogen-bond donors (Lipinski definition) is 1. The van der Waals surface area contributed by atoms with E-state index in [4.69, 9.17) is 5.73 Å². The highest BCUT2D eigenvalue weighted by molar-refractivity contribution is 7.99. The summed E-state index contributed by atoms with van der Waals surface area (Å²) in [5, 5.41) is 0.0804. The molecule has 4 heteroatoms. The lowest BCUT2D eigenvalue weighted by molar-refractivity contribution is -0.132. The van der Waals surface area contributed by atoms with Gasteiger partial charge in [-0.15, -0.1) is 0 Å². The normalized spacial score (nSPS) is 26.1. The minimum absolute atomic E-state index is 0.0804. The fourth-order valence-corrected chi connectivity index (χ4v) is 2.35. The van der Waals surface area contributed by atoms with E-state index in [1.165, 1.54) is 0 Å². The van der Waals surface area contributed by atoms with Gasteiger partial charge in [0.15, 0.2) is 0 Å². The summed E-state index contributed by atoms with van der Waals surface area (Å²) in [4.78, 5) is 13.9. The molecule has 1 fully saturated rings. The van der Waals surface area contributed by atoms with E-state index in [1.54, 1.807) is 11.8 Å². The largest absolute Gasteiger partial charge is 0.341 e. The summed E-state index contributed by atoms with van der Waals surface area (Å²) in [7, 11) is 0. The standard InChI is InChI=1S/C11H22N2OS/c1-8(12)10-5-4-6-13(7-10)11(14)9(2)15-3/h8-10H,4-7,12H2,1-3H3. The lowest BCUT2D eigenvalue weighted by Crippen LogP contribution is -2.47. The summed E-state index contributed by atoms with van der Waals surface area (Å²) >= 11 is 1.61. The summed E-state index contributed by atoms with van der Waals surface area (Å²) < 4.78 is 0. The maximum Gasteiger partial charge on any atom is 0.235 e. The van der Waals surface area contributed by atoms with Gasteiger partial charge >= 0.3 is 0 Å². The Balaban J connectivity index is 2.52. The lowest BCUT2D eigenvalue weighted by Gasteiger charge is -2.35. The Bertz CT molecular complexity index is 221. The third-order valence-corrected chi connectivity index (χ3v) is 4.12. The second-order valence-electron chi connectivity index (χ2n) is 4.42. The average Bonchev–Trinajstić information content (AvgIpc) is 2.27.